The molecule has 0 spiro atoms. The molecule has 0 aliphatic heterocycles. The SMILES string of the molecule is Fc1cc(-c2ccccc2)cc(-c2ccccc2)c1N(c1ccccc1)c1ccc2ccc3c(N(c4ccccc4-c4ccccc4)c4ccc5oc6cccc7ccc4c5c76)ccc4ccc1c2c43. The second-order valence-electron chi connectivity index (χ2n) is 18.1. The first-order valence-electron chi connectivity index (χ1n) is 23.8. The fourth-order valence-electron chi connectivity index (χ4n) is 11.1. The van der Waals surface area contributed by atoms with E-state index in [-0.39, 0.29) is 5.82 Å². The molecular weight excluding hydrogens is 856 g/mol. The van der Waals surface area contributed by atoms with Gasteiger partial charge in [-0.05, 0) is 110 Å². The Kier molecular flexibility index (Phi) is 9.08. The lowest BCUT2D eigenvalue weighted by Crippen LogP contribution is -2.14. The number of benzene rings is 13. The molecule has 14 aromatic rings. The molecular formula is C66H41FN2O. The van der Waals surface area contributed by atoms with Gasteiger partial charge in [-0.3, -0.25) is 0 Å². The zero-order chi connectivity index (χ0) is 46.3. The molecule has 0 saturated heterocycles. The Bertz CT molecular complexity index is 4240. The van der Waals surface area contributed by atoms with Crippen molar-refractivity contribution in [2.45, 2.75) is 0 Å². The van der Waals surface area contributed by atoms with E-state index in [2.05, 4.69) is 186 Å². The van der Waals surface area contributed by atoms with Crippen LogP contribution in [0.2, 0.25) is 0 Å². The Balaban J connectivity index is 1.04. The number of nitrogens with zero attached hydrogens (tertiary/aromatic N) is 2. The van der Waals surface area contributed by atoms with Gasteiger partial charge in [0, 0.05) is 43.7 Å². The van der Waals surface area contributed by atoms with Crippen LogP contribution >= 0.6 is 0 Å². The van der Waals surface area contributed by atoms with E-state index in [9.17, 15) is 0 Å². The van der Waals surface area contributed by atoms with E-state index in [0.29, 0.717) is 5.69 Å². The van der Waals surface area contributed by atoms with Crippen LogP contribution in [0.15, 0.2) is 253 Å². The molecule has 4 heteroatoms. The maximum Gasteiger partial charge on any atom is 0.148 e. The fourth-order valence-corrected chi connectivity index (χ4v) is 11.1. The summed E-state index contributed by atoms with van der Waals surface area (Å²) in [5.41, 5.74) is 12.9. The molecule has 328 valence electrons. The number of anilines is 6. The normalized spacial score (nSPS) is 11.8. The minimum Gasteiger partial charge on any atom is -0.456 e. The van der Waals surface area contributed by atoms with E-state index in [1.807, 2.05) is 66.7 Å². The Morgan fingerprint density at radius 1 is 0.300 bits per heavy atom. The van der Waals surface area contributed by atoms with Crippen molar-refractivity contribution >= 4 is 99.2 Å². The second-order valence-corrected chi connectivity index (χ2v) is 18.1. The molecule has 0 N–H and O–H groups in total. The fraction of sp³-hybridized carbons (Fsp3) is 0. The van der Waals surface area contributed by atoms with Gasteiger partial charge in [-0.15, -0.1) is 0 Å². The van der Waals surface area contributed by atoms with Gasteiger partial charge in [0.05, 0.1) is 28.4 Å². The molecule has 0 aliphatic rings. The third kappa shape index (κ3) is 6.20. The highest BCUT2D eigenvalue weighted by molar-refractivity contribution is 6.29. The molecule has 0 unspecified atom stereocenters. The predicted molar refractivity (Wildman–Crippen MR) is 292 cm³/mol. The van der Waals surface area contributed by atoms with Gasteiger partial charge in [-0.2, -0.15) is 0 Å². The maximum atomic E-state index is 17.7. The summed E-state index contributed by atoms with van der Waals surface area (Å²) >= 11 is 0. The van der Waals surface area contributed by atoms with Crippen LogP contribution in [0.25, 0.3) is 98.4 Å². The molecule has 0 amide bonds. The Morgan fingerprint density at radius 3 is 1.43 bits per heavy atom. The van der Waals surface area contributed by atoms with Crippen molar-refractivity contribution in [3.05, 3.63) is 255 Å². The van der Waals surface area contributed by atoms with E-state index in [1.54, 1.807) is 6.07 Å². The van der Waals surface area contributed by atoms with E-state index >= 15 is 4.39 Å². The number of rotatable bonds is 9. The first-order chi connectivity index (χ1) is 34.7. The third-order valence-corrected chi connectivity index (χ3v) is 14.2. The highest BCUT2D eigenvalue weighted by Gasteiger charge is 2.28. The summed E-state index contributed by atoms with van der Waals surface area (Å²) in [6.07, 6.45) is 0. The van der Waals surface area contributed by atoms with Gasteiger partial charge in [0.2, 0.25) is 0 Å². The minimum atomic E-state index is -0.308. The Morgan fingerprint density at radius 2 is 0.786 bits per heavy atom. The molecule has 0 atom stereocenters. The van der Waals surface area contributed by atoms with Crippen molar-refractivity contribution in [2.75, 3.05) is 9.80 Å². The van der Waals surface area contributed by atoms with Crippen LogP contribution in [0.3, 0.4) is 0 Å². The lowest BCUT2D eigenvalue weighted by molar-refractivity contribution is 0.630. The molecule has 0 saturated carbocycles. The van der Waals surface area contributed by atoms with E-state index in [4.69, 9.17) is 4.42 Å². The number of halogens is 1. The molecule has 0 bridgehead atoms. The van der Waals surface area contributed by atoms with Crippen LogP contribution in [0.1, 0.15) is 0 Å². The zero-order valence-corrected chi connectivity index (χ0v) is 37.9. The van der Waals surface area contributed by atoms with Gasteiger partial charge in [0.25, 0.3) is 0 Å². The van der Waals surface area contributed by atoms with Crippen LogP contribution in [-0.2, 0) is 0 Å². The van der Waals surface area contributed by atoms with Gasteiger partial charge in [0.1, 0.15) is 17.0 Å². The number of hydrogen-bond donors (Lipinski definition) is 0. The Labute approximate surface area is 403 Å². The number of hydrogen-bond acceptors (Lipinski definition) is 3. The van der Waals surface area contributed by atoms with Crippen molar-refractivity contribution in [3.63, 3.8) is 0 Å². The lowest BCUT2D eigenvalue weighted by Gasteiger charge is -2.31. The molecule has 3 nitrogen and oxygen atoms in total. The van der Waals surface area contributed by atoms with Gasteiger partial charge in [0.15, 0.2) is 0 Å². The summed E-state index contributed by atoms with van der Waals surface area (Å²) in [6, 6.07) is 86.6. The summed E-state index contributed by atoms with van der Waals surface area (Å²) in [5.74, 6) is -0.308. The van der Waals surface area contributed by atoms with Gasteiger partial charge < -0.3 is 14.2 Å². The van der Waals surface area contributed by atoms with E-state index in [1.165, 1.54) is 0 Å². The molecule has 13 aromatic carbocycles. The summed E-state index contributed by atoms with van der Waals surface area (Å²) in [6.45, 7) is 0. The van der Waals surface area contributed by atoms with Crippen molar-refractivity contribution in [1.82, 2.24) is 0 Å². The quantitative estimate of drug-likeness (QED) is 0.135. The molecule has 0 aliphatic carbocycles. The smallest absolute Gasteiger partial charge is 0.148 e. The minimum absolute atomic E-state index is 0.308. The first-order valence-corrected chi connectivity index (χ1v) is 23.8. The predicted octanol–water partition coefficient (Wildman–Crippen LogP) is 19.2. The van der Waals surface area contributed by atoms with E-state index in [0.717, 1.165) is 127 Å². The van der Waals surface area contributed by atoms with Gasteiger partial charge in [-0.25, -0.2) is 4.39 Å². The van der Waals surface area contributed by atoms with Crippen molar-refractivity contribution < 1.29 is 8.81 Å². The van der Waals surface area contributed by atoms with Crippen molar-refractivity contribution in [2.24, 2.45) is 0 Å². The van der Waals surface area contributed by atoms with Crippen LogP contribution in [0, 0.1) is 5.82 Å². The largest absolute Gasteiger partial charge is 0.456 e. The monoisotopic (exact) mass is 896 g/mol. The molecule has 0 radical (unpaired) electrons. The maximum absolute atomic E-state index is 17.7. The van der Waals surface area contributed by atoms with Crippen LogP contribution in [-0.4, -0.2) is 0 Å². The summed E-state index contributed by atoms with van der Waals surface area (Å²) < 4.78 is 24.2. The Hall–Kier alpha value is -9.25. The highest BCUT2D eigenvalue weighted by atomic mass is 19.1. The average Bonchev–Trinajstić information content (AvgIpc) is 3.82. The lowest BCUT2D eigenvalue weighted by atomic mass is 9.90. The molecule has 1 aromatic heterocycles. The molecule has 0 fully saturated rings. The molecule has 14 rings (SSSR count). The zero-order valence-electron chi connectivity index (χ0n) is 37.9. The highest BCUT2D eigenvalue weighted by Crippen LogP contribution is 2.52. The topological polar surface area (TPSA) is 19.6 Å². The second kappa shape index (κ2) is 15.9. The van der Waals surface area contributed by atoms with Crippen LogP contribution in [0.4, 0.5) is 38.5 Å². The summed E-state index contributed by atoms with van der Waals surface area (Å²) in [4.78, 5) is 4.57. The molecule has 70 heavy (non-hydrogen) atoms. The standard InChI is InChI=1S/C66H41FN2O/c67-55-41-48(42-16-5-1-6-17-42)40-54(44-20-9-3-10-21-44)66(55)68(49-23-11-4-12-24-49)57-36-31-46-30-34-52-58(37-32-47-29-33-51(57)62(46)63(47)52)69(56-26-14-13-25-50(56)43-18-7-2-8-19-43)59-38-39-61-65-53(59)35-28-45-22-15-27-60(70-61)64(45)65/h1-41H. The summed E-state index contributed by atoms with van der Waals surface area (Å²) in [5, 5.41) is 11.2. The van der Waals surface area contributed by atoms with Crippen molar-refractivity contribution in [1.29, 1.82) is 0 Å². The molecule has 1 heterocycles. The van der Waals surface area contributed by atoms with Gasteiger partial charge >= 0.3 is 0 Å². The van der Waals surface area contributed by atoms with Crippen LogP contribution < -0.4 is 9.80 Å². The third-order valence-electron chi connectivity index (χ3n) is 14.2. The van der Waals surface area contributed by atoms with E-state index < -0.39 is 0 Å². The number of furan rings is 1. The average molecular weight is 897 g/mol. The van der Waals surface area contributed by atoms with Crippen LogP contribution in [0.5, 0.6) is 0 Å². The van der Waals surface area contributed by atoms with Crippen molar-refractivity contribution in [3.8, 4) is 33.4 Å². The summed E-state index contributed by atoms with van der Waals surface area (Å²) in [7, 11) is 0. The van der Waals surface area contributed by atoms with Gasteiger partial charge in [-0.1, -0.05) is 188 Å². The number of para-hydroxylation sites is 2. The first kappa shape index (κ1) is 39.9.